The minimum Gasteiger partial charge on any atom is -0.381 e. The van der Waals surface area contributed by atoms with Crippen molar-refractivity contribution in [2.75, 3.05) is 26.3 Å². The van der Waals surface area contributed by atoms with Gasteiger partial charge in [-0.15, -0.1) is 11.3 Å². The van der Waals surface area contributed by atoms with Gasteiger partial charge in [-0.1, -0.05) is 12.1 Å². The Hall–Kier alpha value is -1.70. The quantitative estimate of drug-likeness (QED) is 0.828. The van der Waals surface area contributed by atoms with E-state index >= 15 is 0 Å². The van der Waals surface area contributed by atoms with Gasteiger partial charge in [0, 0.05) is 55.2 Å². The van der Waals surface area contributed by atoms with Crippen LogP contribution in [0.5, 0.6) is 0 Å². The molecule has 28 heavy (non-hydrogen) atoms. The van der Waals surface area contributed by atoms with Crippen LogP contribution in [0.2, 0.25) is 0 Å². The molecule has 4 heterocycles. The number of carbonyl (C=O) groups is 1. The van der Waals surface area contributed by atoms with Crippen LogP contribution in [0.15, 0.2) is 9.90 Å². The van der Waals surface area contributed by atoms with Gasteiger partial charge in [-0.2, -0.15) is 0 Å². The summed E-state index contributed by atoms with van der Waals surface area (Å²) in [6.07, 6.45) is 2.92. The normalized spacial score (nSPS) is 19.4. The molecule has 2 aromatic heterocycles. The van der Waals surface area contributed by atoms with Crippen LogP contribution in [-0.4, -0.2) is 42.3 Å². The van der Waals surface area contributed by atoms with Gasteiger partial charge in [0.25, 0.3) is 5.91 Å². The number of thiophene rings is 1. The highest BCUT2D eigenvalue weighted by molar-refractivity contribution is 7.10. The number of carbonyl (C=O) groups excluding carboxylic acids is 1. The Balaban J connectivity index is 1.38. The molecule has 0 bridgehead atoms. The van der Waals surface area contributed by atoms with Gasteiger partial charge in [0.05, 0.1) is 11.3 Å². The average Bonchev–Trinajstić information content (AvgIpc) is 3.25. The number of nitrogens with one attached hydrogen (secondary N) is 1. The molecular formula is C21H29N3O3S. The summed E-state index contributed by atoms with van der Waals surface area (Å²) in [6.45, 7) is 11.2. The van der Waals surface area contributed by atoms with E-state index in [0.29, 0.717) is 0 Å². The monoisotopic (exact) mass is 403 g/mol. The molecule has 1 saturated heterocycles. The Kier molecular flexibility index (Phi) is 5.58. The van der Waals surface area contributed by atoms with E-state index in [4.69, 9.17) is 9.26 Å². The van der Waals surface area contributed by atoms with E-state index in [2.05, 4.69) is 22.3 Å². The van der Waals surface area contributed by atoms with Gasteiger partial charge in [-0.3, -0.25) is 9.69 Å². The summed E-state index contributed by atoms with van der Waals surface area (Å²) in [5.74, 6) is 0.973. The van der Waals surface area contributed by atoms with E-state index < -0.39 is 0 Å². The van der Waals surface area contributed by atoms with Crippen molar-refractivity contribution in [1.29, 1.82) is 0 Å². The summed E-state index contributed by atoms with van der Waals surface area (Å²) in [6, 6.07) is 0. The summed E-state index contributed by atoms with van der Waals surface area (Å²) in [4.78, 5) is 16.5. The van der Waals surface area contributed by atoms with Crippen LogP contribution < -0.4 is 5.32 Å². The molecule has 0 spiro atoms. The second kappa shape index (κ2) is 7.97. The first-order chi connectivity index (χ1) is 13.5. The molecule has 6 nitrogen and oxygen atoms in total. The highest BCUT2D eigenvalue weighted by Crippen LogP contribution is 2.31. The molecule has 0 saturated carbocycles. The van der Waals surface area contributed by atoms with Crippen LogP contribution in [0.25, 0.3) is 0 Å². The second-order valence-corrected chi connectivity index (χ2v) is 9.38. The number of hydrogen-bond acceptors (Lipinski definition) is 6. The Morgan fingerprint density at radius 2 is 2.14 bits per heavy atom. The number of ether oxygens (including phenoxy) is 1. The van der Waals surface area contributed by atoms with Crippen molar-refractivity contribution < 1.29 is 14.1 Å². The van der Waals surface area contributed by atoms with Crippen LogP contribution in [0.3, 0.4) is 0 Å². The van der Waals surface area contributed by atoms with E-state index in [1.807, 2.05) is 19.2 Å². The van der Waals surface area contributed by atoms with Crippen molar-refractivity contribution in [1.82, 2.24) is 15.4 Å². The summed E-state index contributed by atoms with van der Waals surface area (Å²) in [5, 5.41) is 9.28. The molecule has 1 N–H and O–H groups in total. The first-order valence-corrected chi connectivity index (χ1v) is 10.9. The van der Waals surface area contributed by atoms with E-state index in [-0.39, 0.29) is 11.3 Å². The Labute approximate surface area is 170 Å². The predicted octanol–water partition coefficient (Wildman–Crippen LogP) is 3.46. The summed E-state index contributed by atoms with van der Waals surface area (Å²) in [7, 11) is 0. The van der Waals surface area contributed by atoms with Crippen molar-refractivity contribution in [2.24, 2.45) is 5.41 Å². The Bertz CT molecular complexity index is 832. The smallest absolute Gasteiger partial charge is 0.252 e. The van der Waals surface area contributed by atoms with Crippen LogP contribution in [0.1, 0.15) is 57.6 Å². The number of fused-ring (bicyclic) bond motifs is 1. The van der Waals surface area contributed by atoms with Crippen LogP contribution in [-0.2, 0) is 24.2 Å². The lowest BCUT2D eigenvalue weighted by atomic mass is 9.82. The SMILES string of the molecule is Cc1noc(C)c1CN1CCc2c(C(=O)NCC3(C)CCOCC3)csc2C1. The van der Waals surface area contributed by atoms with Crippen LogP contribution in [0, 0.1) is 19.3 Å². The van der Waals surface area contributed by atoms with Gasteiger partial charge in [-0.25, -0.2) is 0 Å². The number of rotatable bonds is 5. The molecule has 152 valence electrons. The molecule has 2 aliphatic rings. The third-order valence-electron chi connectivity index (χ3n) is 6.21. The van der Waals surface area contributed by atoms with Crippen molar-refractivity contribution in [3.63, 3.8) is 0 Å². The molecule has 0 atom stereocenters. The van der Waals surface area contributed by atoms with Gasteiger partial charge < -0.3 is 14.6 Å². The largest absolute Gasteiger partial charge is 0.381 e. The maximum Gasteiger partial charge on any atom is 0.252 e. The number of nitrogens with zero attached hydrogens (tertiary/aromatic N) is 2. The lowest BCUT2D eigenvalue weighted by molar-refractivity contribution is 0.0238. The standard InChI is InChI=1S/C21H29N3O3S/c1-14-17(15(2)27-23-14)10-24-7-4-16-18(12-28-19(16)11-24)20(25)22-13-21(3)5-8-26-9-6-21/h12H,4-11,13H2,1-3H3,(H,22,25). The first kappa shape index (κ1) is 19.6. The summed E-state index contributed by atoms with van der Waals surface area (Å²) in [5.41, 5.74) is 4.40. The Morgan fingerprint density at radius 1 is 1.36 bits per heavy atom. The van der Waals surface area contributed by atoms with Gasteiger partial charge in [0.2, 0.25) is 0 Å². The van der Waals surface area contributed by atoms with Crippen molar-refractivity contribution in [3.05, 3.63) is 38.4 Å². The molecular weight excluding hydrogens is 374 g/mol. The topological polar surface area (TPSA) is 67.6 Å². The van der Waals surface area contributed by atoms with E-state index in [9.17, 15) is 4.79 Å². The zero-order chi connectivity index (χ0) is 19.7. The molecule has 2 aromatic rings. The van der Waals surface area contributed by atoms with E-state index in [1.54, 1.807) is 11.3 Å². The maximum absolute atomic E-state index is 12.8. The fourth-order valence-electron chi connectivity index (χ4n) is 4.09. The molecule has 0 aromatic carbocycles. The molecule has 1 fully saturated rings. The number of amides is 1. The predicted molar refractivity (Wildman–Crippen MR) is 109 cm³/mol. The second-order valence-electron chi connectivity index (χ2n) is 8.42. The highest BCUT2D eigenvalue weighted by Gasteiger charge is 2.29. The summed E-state index contributed by atoms with van der Waals surface area (Å²) >= 11 is 1.70. The maximum atomic E-state index is 12.8. The average molecular weight is 404 g/mol. The number of aryl methyl sites for hydroxylation is 2. The van der Waals surface area contributed by atoms with Crippen LogP contribution in [0.4, 0.5) is 0 Å². The van der Waals surface area contributed by atoms with E-state index in [1.165, 1.54) is 16.0 Å². The molecule has 2 aliphatic heterocycles. The zero-order valence-corrected chi connectivity index (χ0v) is 17.8. The van der Waals surface area contributed by atoms with Crippen molar-refractivity contribution in [2.45, 2.75) is 53.1 Å². The first-order valence-electron chi connectivity index (χ1n) is 10.0. The minimum absolute atomic E-state index is 0.0735. The molecule has 1 amide bonds. The summed E-state index contributed by atoms with van der Waals surface area (Å²) < 4.78 is 10.7. The molecule has 0 aliphatic carbocycles. The lowest BCUT2D eigenvalue weighted by Gasteiger charge is -2.33. The fourth-order valence-corrected chi connectivity index (χ4v) is 5.21. The molecule has 7 heteroatoms. The zero-order valence-electron chi connectivity index (χ0n) is 17.0. The van der Waals surface area contributed by atoms with Gasteiger partial charge >= 0.3 is 0 Å². The minimum atomic E-state index is 0.0735. The van der Waals surface area contributed by atoms with Gasteiger partial charge in [-0.05, 0) is 44.1 Å². The van der Waals surface area contributed by atoms with Crippen molar-refractivity contribution in [3.8, 4) is 0 Å². The third-order valence-corrected chi connectivity index (χ3v) is 7.22. The third kappa shape index (κ3) is 4.02. The van der Waals surface area contributed by atoms with Gasteiger partial charge in [0.15, 0.2) is 0 Å². The molecule has 0 unspecified atom stereocenters. The van der Waals surface area contributed by atoms with E-state index in [0.717, 1.165) is 75.7 Å². The van der Waals surface area contributed by atoms with Gasteiger partial charge in [0.1, 0.15) is 5.76 Å². The number of hydrogen-bond donors (Lipinski definition) is 1. The fraction of sp³-hybridized carbons (Fsp3) is 0.619. The highest BCUT2D eigenvalue weighted by atomic mass is 32.1. The number of aromatic nitrogens is 1. The lowest BCUT2D eigenvalue weighted by Crippen LogP contribution is -2.39. The Morgan fingerprint density at radius 3 is 2.86 bits per heavy atom. The van der Waals surface area contributed by atoms with Crippen molar-refractivity contribution >= 4 is 17.2 Å². The van der Waals surface area contributed by atoms with Crippen LogP contribution >= 0.6 is 11.3 Å². The molecule has 0 radical (unpaired) electrons. The molecule has 4 rings (SSSR count).